The van der Waals surface area contributed by atoms with E-state index in [1.54, 1.807) is 4.90 Å². The summed E-state index contributed by atoms with van der Waals surface area (Å²) in [5, 5.41) is 2.86. The molecule has 0 bridgehead atoms. The zero-order valence-corrected chi connectivity index (χ0v) is 13.8. The Balaban J connectivity index is 2.35. The summed E-state index contributed by atoms with van der Waals surface area (Å²) >= 11 is 1.35. The van der Waals surface area contributed by atoms with Crippen molar-refractivity contribution in [3.63, 3.8) is 0 Å². The van der Waals surface area contributed by atoms with Crippen LogP contribution in [0.5, 0.6) is 0 Å². The lowest BCUT2D eigenvalue weighted by Crippen LogP contribution is -2.32. The highest BCUT2D eigenvalue weighted by atomic mass is 32.2. The molecule has 2 amide bonds. The molecule has 0 spiro atoms. The number of carbonyl (C=O) groups is 2. The maximum absolute atomic E-state index is 11.8. The normalized spacial score (nSPS) is 10.2. The highest BCUT2D eigenvalue weighted by Gasteiger charge is 2.10. The van der Waals surface area contributed by atoms with Crippen LogP contribution < -0.4 is 5.32 Å². The fourth-order valence-electron chi connectivity index (χ4n) is 1.96. The molecule has 0 aliphatic rings. The van der Waals surface area contributed by atoms with Gasteiger partial charge in [0, 0.05) is 18.8 Å². The maximum Gasteiger partial charge on any atom is 0.234 e. The fourth-order valence-corrected chi connectivity index (χ4v) is 2.68. The van der Waals surface area contributed by atoms with Crippen molar-refractivity contribution in [3.05, 3.63) is 29.8 Å². The van der Waals surface area contributed by atoms with Crippen LogP contribution in [0, 0.1) is 0 Å². The van der Waals surface area contributed by atoms with Crippen LogP contribution in [0.3, 0.4) is 0 Å². The van der Waals surface area contributed by atoms with Crippen LogP contribution >= 0.6 is 11.8 Å². The maximum atomic E-state index is 11.8. The predicted molar refractivity (Wildman–Crippen MR) is 89.7 cm³/mol. The second kappa shape index (κ2) is 9.45. The summed E-state index contributed by atoms with van der Waals surface area (Å²) in [5.41, 5.74) is 2.01. The molecule has 0 radical (unpaired) electrons. The average molecular weight is 308 g/mol. The number of aryl methyl sites for hydroxylation is 1. The Kier molecular flexibility index (Phi) is 7.90. The molecule has 1 aromatic carbocycles. The molecular formula is C16H24N2O2S. The quantitative estimate of drug-likeness (QED) is 0.803. The van der Waals surface area contributed by atoms with Crippen molar-refractivity contribution in [2.75, 3.05) is 29.9 Å². The molecule has 1 N–H and O–H groups in total. The van der Waals surface area contributed by atoms with Gasteiger partial charge in [-0.15, -0.1) is 11.8 Å². The molecule has 0 saturated carbocycles. The Morgan fingerprint density at radius 2 is 1.86 bits per heavy atom. The molecule has 0 heterocycles. The molecule has 21 heavy (non-hydrogen) atoms. The number of thioether (sulfide) groups is 1. The van der Waals surface area contributed by atoms with Crippen LogP contribution in [-0.2, 0) is 16.0 Å². The summed E-state index contributed by atoms with van der Waals surface area (Å²) in [6.07, 6.45) is 0.941. The minimum absolute atomic E-state index is 0.0689. The van der Waals surface area contributed by atoms with Crippen molar-refractivity contribution in [2.45, 2.75) is 27.2 Å². The lowest BCUT2D eigenvalue weighted by molar-refractivity contribution is -0.127. The molecule has 0 aliphatic carbocycles. The van der Waals surface area contributed by atoms with Gasteiger partial charge in [0.15, 0.2) is 0 Å². The number of hydrogen-bond acceptors (Lipinski definition) is 3. The molecule has 0 unspecified atom stereocenters. The molecule has 4 nitrogen and oxygen atoms in total. The van der Waals surface area contributed by atoms with E-state index in [1.807, 2.05) is 38.1 Å². The summed E-state index contributed by atoms with van der Waals surface area (Å²) < 4.78 is 0. The number of nitrogens with zero attached hydrogens (tertiary/aromatic N) is 1. The van der Waals surface area contributed by atoms with Crippen molar-refractivity contribution in [3.8, 4) is 0 Å². The standard InChI is InChI=1S/C16H24N2O2S/c1-4-13-8-7-9-14(10-13)17-15(19)11-21-12-16(20)18(5-2)6-3/h7-10H,4-6,11-12H2,1-3H3,(H,17,19). The predicted octanol–water partition coefficient (Wildman–Crippen LogP) is 2.79. The van der Waals surface area contributed by atoms with Gasteiger partial charge >= 0.3 is 0 Å². The van der Waals surface area contributed by atoms with Gasteiger partial charge in [0.25, 0.3) is 0 Å². The van der Waals surface area contributed by atoms with E-state index in [1.165, 1.54) is 17.3 Å². The average Bonchev–Trinajstić information content (AvgIpc) is 2.48. The molecule has 116 valence electrons. The van der Waals surface area contributed by atoms with Gasteiger partial charge in [-0.3, -0.25) is 9.59 Å². The monoisotopic (exact) mass is 308 g/mol. The topological polar surface area (TPSA) is 49.4 Å². The first-order valence-electron chi connectivity index (χ1n) is 7.35. The second-order valence-electron chi connectivity index (χ2n) is 4.66. The van der Waals surface area contributed by atoms with Gasteiger partial charge in [0.2, 0.25) is 11.8 Å². The Morgan fingerprint density at radius 1 is 1.14 bits per heavy atom. The van der Waals surface area contributed by atoms with Crippen molar-refractivity contribution in [1.29, 1.82) is 0 Å². The van der Waals surface area contributed by atoms with E-state index in [0.29, 0.717) is 24.6 Å². The second-order valence-corrected chi connectivity index (χ2v) is 5.65. The minimum Gasteiger partial charge on any atom is -0.343 e. The zero-order valence-electron chi connectivity index (χ0n) is 13.0. The fraction of sp³-hybridized carbons (Fsp3) is 0.500. The van der Waals surface area contributed by atoms with Crippen LogP contribution in [0.25, 0.3) is 0 Å². The Morgan fingerprint density at radius 3 is 2.48 bits per heavy atom. The van der Waals surface area contributed by atoms with Crippen molar-refractivity contribution < 1.29 is 9.59 Å². The van der Waals surface area contributed by atoms with Gasteiger partial charge in [0.1, 0.15) is 0 Å². The highest BCUT2D eigenvalue weighted by molar-refractivity contribution is 8.00. The number of rotatable bonds is 8. The van der Waals surface area contributed by atoms with Gasteiger partial charge in [0.05, 0.1) is 11.5 Å². The lowest BCUT2D eigenvalue weighted by Gasteiger charge is -2.18. The molecule has 1 aromatic rings. The first-order valence-corrected chi connectivity index (χ1v) is 8.50. The molecule has 0 saturated heterocycles. The number of anilines is 1. The summed E-state index contributed by atoms with van der Waals surface area (Å²) in [4.78, 5) is 25.4. The van der Waals surface area contributed by atoms with Crippen LogP contribution in [-0.4, -0.2) is 41.3 Å². The summed E-state index contributed by atoms with van der Waals surface area (Å²) in [5.74, 6) is 0.666. The van der Waals surface area contributed by atoms with E-state index in [9.17, 15) is 9.59 Å². The minimum atomic E-state index is -0.0689. The number of amides is 2. The van der Waals surface area contributed by atoms with Crippen molar-refractivity contribution >= 4 is 29.3 Å². The summed E-state index contributed by atoms with van der Waals surface area (Å²) in [6, 6.07) is 7.82. The van der Waals surface area contributed by atoms with Crippen LogP contribution in [0.2, 0.25) is 0 Å². The van der Waals surface area contributed by atoms with Gasteiger partial charge < -0.3 is 10.2 Å². The molecule has 1 rings (SSSR count). The third-order valence-corrected chi connectivity index (χ3v) is 4.11. The lowest BCUT2D eigenvalue weighted by atomic mass is 10.1. The largest absolute Gasteiger partial charge is 0.343 e. The smallest absolute Gasteiger partial charge is 0.234 e. The van der Waals surface area contributed by atoms with Crippen LogP contribution in [0.4, 0.5) is 5.69 Å². The third-order valence-electron chi connectivity index (χ3n) is 3.19. The molecular weight excluding hydrogens is 284 g/mol. The van der Waals surface area contributed by atoms with Gasteiger partial charge in [-0.25, -0.2) is 0 Å². The van der Waals surface area contributed by atoms with Gasteiger partial charge in [-0.05, 0) is 38.0 Å². The van der Waals surface area contributed by atoms with Gasteiger partial charge in [-0.2, -0.15) is 0 Å². The van der Waals surface area contributed by atoms with Crippen molar-refractivity contribution in [1.82, 2.24) is 4.90 Å². The highest BCUT2D eigenvalue weighted by Crippen LogP contribution is 2.12. The van der Waals surface area contributed by atoms with E-state index in [4.69, 9.17) is 0 Å². The van der Waals surface area contributed by atoms with Crippen molar-refractivity contribution in [2.24, 2.45) is 0 Å². The number of nitrogens with one attached hydrogen (secondary N) is 1. The molecule has 0 aliphatic heterocycles. The first kappa shape index (κ1) is 17.6. The molecule has 0 atom stereocenters. The number of benzene rings is 1. The van der Waals surface area contributed by atoms with E-state index < -0.39 is 0 Å². The van der Waals surface area contributed by atoms with E-state index in [0.717, 1.165) is 12.1 Å². The van der Waals surface area contributed by atoms with E-state index >= 15 is 0 Å². The zero-order chi connectivity index (χ0) is 15.7. The molecule has 5 heteroatoms. The Bertz CT molecular complexity index is 473. The van der Waals surface area contributed by atoms with Crippen LogP contribution in [0.15, 0.2) is 24.3 Å². The SMILES string of the molecule is CCc1cccc(NC(=O)CSCC(=O)N(CC)CC)c1. The summed E-state index contributed by atoms with van der Waals surface area (Å²) in [6.45, 7) is 7.42. The van der Waals surface area contributed by atoms with Crippen LogP contribution in [0.1, 0.15) is 26.3 Å². The molecule has 0 aromatic heterocycles. The van der Waals surface area contributed by atoms with E-state index in [2.05, 4.69) is 12.2 Å². The third kappa shape index (κ3) is 6.21. The van der Waals surface area contributed by atoms with Gasteiger partial charge in [-0.1, -0.05) is 19.1 Å². The summed E-state index contributed by atoms with van der Waals surface area (Å²) in [7, 11) is 0. The Labute approximate surface area is 131 Å². The number of carbonyl (C=O) groups excluding carboxylic acids is 2. The number of hydrogen-bond donors (Lipinski definition) is 1. The molecule has 0 fully saturated rings. The van der Waals surface area contributed by atoms with E-state index in [-0.39, 0.29) is 11.8 Å². The Hall–Kier alpha value is -1.49. The first-order chi connectivity index (χ1) is 10.1.